The van der Waals surface area contributed by atoms with Gasteiger partial charge in [-0.3, -0.25) is 9.59 Å². The molecule has 3 aromatic rings. The van der Waals surface area contributed by atoms with Crippen molar-refractivity contribution in [1.82, 2.24) is 5.32 Å². The number of fused-ring (bicyclic) bond motifs is 2. The molecule has 6 rings (SSSR count). The third kappa shape index (κ3) is 3.89. The number of nitrogens with one attached hydrogen (secondary N) is 1. The molecular formula is C31H24FNO4. The van der Waals surface area contributed by atoms with Crippen molar-refractivity contribution in [3.05, 3.63) is 118 Å². The van der Waals surface area contributed by atoms with Gasteiger partial charge in [0.1, 0.15) is 11.6 Å². The smallest absolute Gasteiger partial charge is 0.343 e. The zero-order chi connectivity index (χ0) is 25.9. The second-order valence-corrected chi connectivity index (χ2v) is 10.5. The molecule has 0 unspecified atom stereocenters. The van der Waals surface area contributed by atoms with Gasteiger partial charge in [0, 0.05) is 40.3 Å². The second kappa shape index (κ2) is 8.37. The van der Waals surface area contributed by atoms with E-state index in [1.54, 1.807) is 24.3 Å². The number of dihydropyridines is 1. The summed E-state index contributed by atoms with van der Waals surface area (Å²) in [7, 11) is 0. The number of hydrogen-bond donors (Lipinski definition) is 1. The normalized spacial score (nSPS) is 19.7. The lowest BCUT2D eigenvalue weighted by Crippen LogP contribution is -2.37. The number of halogens is 1. The Labute approximate surface area is 213 Å². The molecule has 0 aromatic heterocycles. The van der Waals surface area contributed by atoms with Gasteiger partial charge in [-0.1, -0.05) is 50.2 Å². The highest BCUT2D eigenvalue weighted by Crippen LogP contribution is 2.51. The first-order valence-electron chi connectivity index (χ1n) is 12.2. The Balaban J connectivity index is 1.39. The van der Waals surface area contributed by atoms with E-state index in [1.165, 1.54) is 24.3 Å². The molecule has 0 fully saturated rings. The van der Waals surface area contributed by atoms with E-state index in [1.807, 2.05) is 24.3 Å². The third-order valence-corrected chi connectivity index (χ3v) is 7.23. The standard InChI is InChI=1S/C31H24FNO4/c1-31(2)15-23-26(24(34)16-31)25(27-28(33-23)21-5-3-4-6-22(21)29(27)35)17-9-13-20(14-10-17)37-30(36)18-7-11-19(32)12-8-18/h3-14,25,33H,15-16H2,1-2H3/t25-/m1/s1. The quantitative estimate of drug-likeness (QED) is 0.359. The lowest BCUT2D eigenvalue weighted by Gasteiger charge is -2.39. The molecule has 1 atom stereocenters. The third-order valence-electron chi connectivity index (χ3n) is 7.23. The van der Waals surface area contributed by atoms with Gasteiger partial charge in [-0.25, -0.2) is 9.18 Å². The highest BCUT2D eigenvalue weighted by molar-refractivity contribution is 6.23. The van der Waals surface area contributed by atoms with Crippen molar-refractivity contribution >= 4 is 23.2 Å². The summed E-state index contributed by atoms with van der Waals surface area (Å²) in [5, 5.41) is 3.47. The van der Waals surface area contributed by atoms with Gasteiger partial charge in [-0.2, -0.15) is 0 Å². The Morgan fingerprint density at radius 2 is 1.57 bits per heavy atom. The summed E-state index contributed by atoms with van der Waals surface area (Å²) in [5.41, 5.74) is 5.13. The van der Waals surface area contributed by atoms with E-state index in [9.17, 15) is 18.8 Å². The van der Waals surface area contributed by atoms with E-state index in [0.29, 0.717) is 35.3 Å². The molecule has 1 N–H and O–H groups in total. The second-order valence-electron chi connectivity index (χ2n) is 10.5. The van der Waals surface area contributed by atoms with Crippen LogP contribution in [0.4, 0.5) is 4.39 Å². The van der Waals surface area contributed by atoms with Crippen LogP contribution in [0.3, 0.4) is 0 Å². The Hall–Kier alpha value is -4.32. The first-order valence-corrected chi connectivity index (χ1v) is 12.2. The van der Waals surface area contributed by atoms with Crippen molar-refractivity contribution in [1.29, 1.82) is 0 Å². The molecular weight excluding hydrogens is 469 g/mol. The topological polar surface area (TPSA) is 72.5 Å². The number of esters is 1. The summed E-state index contributed by atoms with van der Waals surface area (Å²) >= 11 is 0. The highest BCUT2D eigenvalue weighted by atomic mass is 19.1. The molecule has 0 spiro atoms. The van der Waals surface area contributed by atoms with Crippen molar-refractivity contribution in [2.75, 3.05) is 0 Å². The van der Waals surface area contributed by atoms with Crippen LogP contribution in [0.2, 0.25) is 0 Å². The Bertz CT molecular complexity index is 1540. The fourth-order valence-electron chi connectivity index (χ4n) is 5.60. The van der Waals surface area contributed by atoms with Crippen LogP contribution in [0.15, 0.2) is 89.6 Å². The van der Waals surface area contributed by atoms with Crippen LogP contribution in [-0.4, -0.2) is 17.5 Å². The minimum Gasteiger partial charge on any atom is -0.423 e. The van der Waals surface area contributed by atoms with E-state index in [2.05, 4.69) is 19.2 Å². The minimum absolute atomic E-state index is 0.0332. The summed E-state index contributed by atoms with van der Waals surface area (Å²) < 4.78 is 18.6. The van der Waals surface area contributed by atoms with Crippen LogP contribution in [0.1, 0.15) is 64.4 Å². The van der Waals surface area contributed by atoms with E-state index in [0.717, 1.165) is 22.5 Å². The van der Waals surface area contributed by atoms with Crippen LogP contribution >= 0.6 is 0 Å². The summed E-state index contributed by atoms with van der Waals surface area (Å²) in [6.07, 6.45) is 1.10. The molecule has 0 saturated carbocycles. The number of carbonyl (C=O) groups excluding carboxylic acids is 3. The maximum Gasteiger partial charge on any atom is 0.343 e. The number of Topliss-reactive ketones (excluding diaryl/α,β-unsaturated/α-hetero) is 2. The first kappa shape index (κ1) is 23.1. The minimum atomic E-state index is -0.601. The number of rotatable bonds is 3. The van der Waals surface area contributed by atoms with Crippen LogP contribution in [0.5, 0.6) is 5.75 Å². The van der Waals surface area contributed by atoms with E-state index in [4.69, 9.17) is 4.74 Å². The van der Waals surface area contributed by atoms with Gasteiger partial charge in [0.15, 0.2) is 11.6 Å². The van der Waals surface area contributed by atoms with Crippen molar-refractivity contribution in [2.45, 2.75) is 32.6 Å². The molecule has 3 aliphatic rings. The number of ether oxygens (including phenoxy) is 1. The summed E-state index contributed by atoms with van der Waals surface area (Å²) in [4.78, 5) is 39.5. The summed E-state index contributed by atoms with van der Waals surface area (Å²) in [5.74, 6) is -1.29. The Morgan fingerprint density at radius 3 is 2.27 bits per heavy atom. The van der Waals surface area contributed by atoms with Gasteiger partial charge in [0.2, 0.25) is 0 Å². The molecule has 1 aliphatic heterocycles. The number of ketones is 2. The number of hydrogen-bond acceptors (Lipinski definition) is 5. The Morgan fingerprint density at radius 1 is 0.892 bits per heavy atom. The molecule has 2 aliphatic carbocycles. The van der Waals surface area contributed by atoms with E-state index >= 15 is 0 Å². The van der Waals surface area contributed by atoms with Gasteiger partial charge in [-0.05, 0) is 53.8 Å². The average Bonchev–Trinajstić information content (AvgIpc) is 3.15. The predicted molar refractivity (Wildman–Crippen MR) is 136 cm³/mol. The van der Waals surface area contributed by atoms with Crippen LogP contribution < -0.4 is 10.1 Å². The van der Waals surface area contributed by atoms with Gasteiger partial charge in [0.25, 0.3) is 0 Å². The zero-order valence-corrected chi connectivity index (χ0v) is 20.4. The molecule has 37 heavy (non-hydrogen) atoms. The van der Waals surface area contributed by atoms with Gasteiger partial charge in [-0.15, -0.1) is 0 Å². The number of benzene rings is 3. The molecule has 0 bridgehead atoms. The largest absolute Gasteiger partial charge is 0.423 e. The van der Waals surface area contributed by atoms with Gasteiger partial charge in [0.05, 0.1) is 11.3 Å². The summed E-state index contributed by atoms with van der Waals surface area (Å²) in [6, 6.07) is 19.5. The maximum absolute atomic E-state index is 13.6. The fraction of sp³-hybridized carbons (Fsp3) is 0.194. The van der Waals surface area contributed by atoms with Crippen molar-refractivity contribution < 1.29 is 23.5 Å². The number of allylic oxidation sites excluding steroid dienone is 3. The lowest BCUT2D eigenvalue weighted by atomic mass is 9.68. The number of carbonyl (C=O) groups is 3. The van der Waals surface area contributed by atoms with Crippen molar-refractivity contribution in [2.24, 2.45) is 5.41 Å². The molecule has 6 heteroatoms. The van der Waals surface area contributed by atoms with Crippen molar-refractivity contribution in [3.8, 4) is 5.75 Å². The summed E-state index contributed by atoms with van der Waals surface area (Å²) in [6.45, 7) is 4.15. The van der Waals surface area contributed by atoms with Crippen molar-refractivity contribution in [3.63, 3.8) is 0 Å². The monoisotopic (exact) mass is 493 g/mol. The van der Waals surface area contributed by atoms with E-state index < -0.39 is 17.7 Å². The van der Waals surface area contributed by atoms with Gasteiger partial charge < -0.3 is 10.1 Å². The van der Waals surface area contributed by atoms with Crippen LogP contribution in [-0.2, 0) is 4.79 Å². The molecule has 184 valence electrons. The SMILES string of the molecule is CC1(C)CC(=O)C2=C(C1)NC1=C(C(=O)c3ccccc31)[C@@H]2c1ccc(OC(=O)c2ccc(F)cc2)cc1. The van der Waals surface area contributed by atoms with E-state index in [-0.39, 0.29) is 22.5 Å². The van der Waals surface area contributed by atoms with Gasteiger partial charge >= 0.3 is 5.97 Å². The molecule has 3 aromatic carbocycles. The van der Waals surface area contributed by atoms with Crippen LogP contribution in [0.25, 0.3) is 5.70 Å². The molecule has 0 radical (unpaired) electrons. The predicted octanol–water partition coefficient (Wildman–Crippen LogP) is 5.98. The molecule has 5 nitrogen and oxygen atoms in total. The first-order chi connectivity index (χ1) is 17.7. The fourth-order valence-corrected chi connectivity index (χ4v) is 5.60. The highest BCUT2D eigenvalue weighted by Gasteiger charge is 2.46. The maximum atomic E-state index is 13.6. The van der Waals surface area contributed by atoms with Crippen LogP contribution in [0, 0.1) is 11.2 Å². The lowest BCUT2D eigenvalue weighted by molar-refractivity contribution is -0.118. The molecule has 1 heterocycles. The molecule has 0 amide bonds. The Kier molecular flexibility index (Phi) is 5.23. The molecule has 0 saturated heterocycles. The zero-order valence-electron chi connectivity index (χ0n) is 20.4. The average molecular weight is 494 g/mol.